The van der Waals surface area contributed by atoms with Crippen LogP contribution in [0.5, 0.6) is 0 Å². The number of alkyl halides is 3. The van der Waals surface area contributed by atoms with Crippen molar-refractivity contribution in [1.29, 1.82) is 5.26 Å². The molecule has 3 heterocycles. The number of hydrogen-bond donors (Lipinski definition) is 2. The van der Waals surface area contributed by atoms with Crippen LogP contribution >= 0.6 is 0 Å². The topological polar surface area (TPSA) is 95.6 Å². The minimum Gasteiger partial charge on any atom is -0.311 e. The van der Waals surface area contributed by atoms with Crippen molar-refractivity contribution in [3.05, 3.63) is 29.2 Å². The Bertz CT molecular complexity index is 1090. The summed E-state index contributed by atoms with van der Waals surface area (Å²) >= 11 is 0. The van der Waals surface area contributed by atoms with Gasteiger partial charge in [-0.15, -0.1) is 0 Å². The number of anilines is 1. The number of nitriles is 1. The lowest BCUT2D eigenvalue weighted by molar-refractivity contribution is -0.0951. The van der Waals surface area contributed by atoms with E-state index >= 15 is 0 Å². The molecule has 1 atom stereocenters. The minimum atomic E-state index is -4.55. The quantitative estimate of drug-likeness (QED) is 0.787. The molecule has 11 heteroatoms. The average Bonchev–Trinajstić information content (AvgIpc) is 3.44. The summed E-state index contributed by atoms with van der Waals surface area (Å²) in [6.07, 6.45) is -0.625. The highest BCUT2D eigenvalue weighted by Crippen LogP contribution is 2.48. The fourth-order valence-corrected chi connectivity index (χ4v) is 4.15. The highest BCUT2D eigenvalue weighted by molar-refractivity contribution is 7.85. The first-order valence-corrected chi connectivity index (χ1v) is 10.2. The van der Waals surface area contributed by atoms with Gasteiger partial charge in [-0.25, -0.2) is 4.98 Å². The van der Waals surface area contributed by atoms with Gasteiger partial charge >= 0.3 is 6.18 Å². The maximum Gasteiger partial charge on any atom is 0.432 e. The van der Waals surface area contributed by atoms with Crippen molar-refractivity contribution >= 4 is 22.7 Å². The van der Waals surface area contributed by atoms with Crippen molar-refractivity contribution in [2.45, 2.75) is 36.3 Å². The largest absolute Gasteiger partial charge is 0.432 e. The molecule has 4 rings (SSSR count). The Labute approximate surface area is 167 Å². The van der Waals surface area contributed by atoms with Gasteiger partial charge in [0, 0.05) is 19.0 Å². The third-order valence-electron chi connectivity index (χ3n) is 5.11. The molecule has 152 valence electrons. The van der Waals surface area contributed by atoms with Gasteiger partial charge in [-0.05, 0) is 30.5 Å². The van der Waals surface area contributed by atoms with Gasteiger partial charge in [0.25, 0.3) is 0 Å². The molecule has 0 spiro atoms. The predicted octanol–water partition coefficient (Wildman–Crippen LogP) is 3.00. The number of hydrazine groups is 1. The number of halogens is 3. The second kappa shape index (κ2) is 6.59. The number of allylic oxidation sites excluding steroid dienone is 1. The van der Waals surface area contributed by atoms with E-state index in [2.05, 4.69) is 26.9 Å². The zero-order valence-corrected chi connectivity index (χ0v) is 16.4. The lowest BCUT2D eigenvalue weighted by atomic mass is 9.99. The number of imidazole rings is 1. The van der Waals surface area contributed by atoms with Gasteiger partial charge in [0.2, 0.25) is 0 Å². The predicted molar refractivity (Wildman–Crippen MR) is 101 cm³/mol. The molecule has 1 saturated carbocycles. The molecule has 0 aromatic carbocycles. The normalized spacial score (nSPS) is 18.0. The Kier molecular flexibility index (Phi) is 4.42. The first-order valence-electron chi connectivity index (χ1n) is 8.88. The molecule has 2 aliphatic rings. The minimum absolute atomic E-state index is 0.100. The fourth-order valence-electron chi connectivity index (χ4n) is 3.23. The molecule has 0 amide bonds. The SMILES string of the molecule is CCS(=O)c1cc(C2(C#N)CC2)cnc1-c1nc2c(n1C)NNC(C(F)(F)F)=C2. The first kappa shape index (κ1) is 19.4. The Balaban J connectivity index is 1.84. The van der Waals surface area contributed by atoms with Crippen LogP contribution in [0.15, 0.2) is 22.9 Å². The van der Waals surface area contributed by atoms with Gasteiger partial charge in [-0.2, -0.15) is 18.4 Å². The zero-order chi connectivity index (χ0) is 21.0. The highest BCUT2D eigenvalue weighted by Gasteiger charge is 2.45. The number of nitrogens with one attached hydrogen (secondary N) is 2. The van der Waals surface area contributed by atoms with Crippen molar-refractivity contribution in [2.24, 2.45) is 7.05 Å². The van der Waals surface area contributed by atoms with Gasteiger partial charge in [0.15, 0.2) is 11.6 Å². The van der Waals surface area contributed by atoms with Gasteiger partial charge in [-0.1, -0.05) is 6.92 Å². The molecule has 0 bridgehead atoms. The van der Waals surface area contributed by atoms with E-state index in [0.29, 0.717) is 27.7 Å². The number of pyridine rings is 1. The summed E-state index contributed by atoms with van der Waals surface area (Å²) in [6, 6.07) is 4.01. The summed E-state index contributed by atoms with van der Waals surface area (Å²) in [5.41, 5.74) is 4.22. The smallest absolute Gasteiger partial charge is 0.311 e. The molecule has 1 aliphatic carbocycles. The van der Waals surface area contributed by atoms with E-state index in [0.717, 1.165) is 18.9 Å². The average molecular weight is 422 g/mol. The second-order valence-corrected chi connectivity index (χ2v) is 8.64. The standard InChI is InChI=1S/C18H17F3N6OS/c1-3-29(28)12-6-10(17(9-22)4-5-17)8-23-14(12)16-24-11-7-13(18(19,20)21)25-26-15(11)27(16)2/h6-8,25-26H,3-5H2,1-2H3. The van der Waals surface area contributed by atoms with Crippen LogP contribution in [0.1, 0.15) is 31.0 Å². The van der Waals surface area contributed by atoms with E-state index < -0.39 is 28.1 Å². The summed E-state index contributed by atoms with van der Waals surface area (Å²) in [6.45, 7) is 1.76. The molecule has 29 heavy (non-hydrogen) atoms. The Hall–Kier alpha value is -2.87. The molecule has 1 fully saturated rings. The van der Waals surface area contributed by atoms with E-state index in [1.165, 1.54) is 0 Å². The summed E-state index contributed by atoms with van der Waals surface area (Å²) < 4.78 is 53.2. The van der Waals surface area contributed by atoms with E-state index in [1.54, 1.807) is 30.8 Å². The number of hydrogen-bond acceptors (Lipinski definition) is 6. The van der Waals surface area contributed by atoms with Crippen LogP contribution in [0.25, 0.3) is 17.6 Å². The van der Waals surface area contributed by atoms with Crippen LogP contribution in [-0.4, -0.2) is 30.7 Å². The van der Waals surface area contributed by atoms with Gasteiger partial charge < -0.3 is 4.57 Å². The summed E-state index contributed by atoms with van der Waals surface area (Å²) in [5.74, 6) is 0.955. The lowest BCUT2D eigenvalue weighted by Gasteiger charge is -2.20. The van der Waals surface area contributed by atoms with Gasteiger partial charge in [-0.3, -0.25) is 20.0 Å². The summed E-state index contributed by atoms with van der Waals surface area (Å²) in [5, 5.41) is 9.44. The highest BCUT2D eigenvalue weighted by atomic mass is 32.2. The fraction of sp³-hybridized carbons (Fsp3) is 0.389. The summed E-state index contributed by atoms with van der Waals surface area (Å²) in [7, 11) is 0.240. The monoisotopic (exact) mass is 422 g/mol. The molecule has 7 nitrogen and oxygen atoms in total. The van der Waals surface area contributed by atoms with E-state index in [9.17, 15) is 22.6 Å². The Morgan fingerprint density at radius 1 is 1.38 bits per heavy atom. The van der Waals surface area contributed by atoms with Gasteiger partial charge in [0.1, 0.15) is 17.1 Å². The maximum atomic E-state index is 13.0. The molecule has 2 aromatic rings. The van der Waals surface area contributed by atoms with Gasteiger partial charge in [0.05, 0.1) is 27.2 Å². The number of aromatic nitrogens is 3. The first-order chi connectivity index (χ1) is 13.7. The molecule has 0 radical (unpaired) electrons. The number of fused-ring (bicyclic) bond motifs is 1. The van der Waals surface area contributed by atoms with Crippen LogP contribution < -0.4 is 10.9 Å². The van der Waals surface area contributed by atoms with E-state index in [4.69, 9.17) is 0 Å². The Morgan fingerprint density at radius 2 is 2.10 bits per heavy atom. The molecule has 1 aliphatic heterocycles. The second-order valence-electron chi connectivity index (χ2n) is 6.93. The molecule has 2 aromatic heterocycles. The maximum absolute atomic E-state index is 13.0. The van der Waals surface area contributed by atoms with Crippen LogP contribution in [-0.2, 0) is 23.3 Å². The van der Waals surface area contributed by atoms with E-state index in [-0.39, 0.29) is 11.5 Å². The Morgan fingerprint density at radius 3 is 2.69 bits per heavy atom. The third kappa shape index (κ3) is 3.17. The lowest BCUT2D eigenvalue weighted by Crippen LogP contribution is -2.33. The van der Waals surface area contributed by atoms with Crippen molar-refractivity contribution in [2.75, 3.05) is 11.2 Å². The number of rotatable bonds is 4. The van der Waals surface area contributed by atoms with Crippen molar-refractivity contribution in [3.63, 3.8) is 0 Å². The molecule has 1 unspecified atom stereocenters. The van der Waals surface area contributed by atoms with Crippen molar-refractivity contribution in [1.82, 2.24) is 20.0 Å². The number of nitrogens with zero attached hydrogens (tertiary/aromatic N) is 4. The van der Waals surface area contributed by atoms with Crippen LogP contribution in [0.2, 0.25) is 0 Å². The van der Waals surface area contributed by atoms with Crippen molar-refractivity contribution < 1.29 is 17.4 Å². The van der Waals surface area contributed by atoms with Crippen molar-refractivity contribution in [3.8, 4) is 17.6 Å². The molecule has 0 saturated heterocycles. The third-order valence-corrected chi connectivity index (χ3v) is 6.44. The van der Waals surface area contributed by atoms with Crippen LogP contribution in [0, 0.1) is 11.3 Å². The van der Waals surface area contributed by atoms with E-state index in [1.807, 2.05) is 0 Å². The molecular weight excluding hydrogens is 405 g/mol. The van der Waals surface area contributed by atoms with Crippen LogP contribution in [0.3, 0.4) is 0 Å². The molecular formula is C18H17F3N6OS. The zero-order valence-electron chi connectivity index (χ0n) is 15.6. The van der Waals surface area contributed by atoms with Crippen LogP contribution in [0.4, 0.5) is 19.0 Å². The molecule has 2 N–H and O–H groups in total. The summed E-state index contributed by atoms with van der Waals surface area (Å²) in [4.78, 5) is 9.16.